The highest BCUT2D eigenvalue weighted by atomic mass is 32.1. The van der Waals surface area contributed by atoms with E-state index in [0.29, 0.717) is 29.5 Å². The van der Waals surface area contributed by atoms with Crippen LogP contribution in [0.2, 0.25) is 0 Å². The van der Waals surface area contributed by atoms with Crippen molar-refractivity contribution in [3.63, 3.8) is 0 Å². The van der Waals surface area contributed by atoms with Crippen LogP contribution in [0.15, 0.2) is 23.0 Å². The number of rotatable bonds is 6. The molecule has 2 aromatic heterocycles. The van der Waals surface area contributed by atoms with Gasteiger partial charge in [-0.1, -0.05) is 0 Å². The molecular weight excluding hydrogens is 380 g/mol. The van der Waals surface area contributed by atoms with Gasteiger partial charge >= 0.3 is 5.97 Å². The summed E-state index contributed by atoms with van der Waals surface area (Å²) in [5, 5.41) is 9.53. The Morgan fingerprint density at radius 2 is 2.07 bits per heavy atom. The number of hydrogen-bond acceptors (Lipinski definition) is 6. The standard InChI is InChI=1S/C20H20N2O5S/c1-2-26-14-9-11(7-8-13(14)27-10-16(23)24)18-21-19(25)17-12-5-3-4-6-15(12)28-20(17)22-18/h7-9H,2-6,10H2,1H3,(H,23,24)(H,21,22,25). The zero-order chi connectivity index (χ0) is 19.7. The van der Waals surface area contributed by atoms with Crippen LogP contribution in [-0.4, -0.2) is 34.3 Å². The first-order valence-corrected chi connectivity index (χ1v) is 10.0. The van der Waals surface area contributed by atoms with Crippen LogP contribution in [0.4, 0.5) is 0 Å². The second kappa shape index (κ2) is 7.63. The second-order valence-corrected chi connectivity index (χ2v) is 7.67. The van der Waals surface area contributed by atoms with Crippen molar-refractivity contribution < 1.29 is 19.4 Å². The third-order valence-electron chi connectivity index (χ3n) is 4.69. The first kappa shape index (κ1) is 18.5. The van der Waals surface area contributed by atoms with Crippen LogP contribution in [0.3, 0.4) is 0 Å². The molecule has 28 heavy (non-hydrogen) atoms. The number of nitrogens with zero attached hydrogens (tertiary/aromatic N) is 1. The van der Waals surface area contributed by atoms with Crippen LogP contribution in [0, 0.1) is 0 Å². The fourth-order valence-electron chi connectivity index (χ4n) is 3.48. The summed E-state index contributed by atoms with van der Waals surface area (Å²) in [4.78, 5) is 33.1. The third kappa shape index (κ3) is 3.47. The summed E-state index contributed by atoms with van der Waals surface area (Å²) < 4.78 is 10.9. The molecule has 146 valence electrons. The zero-order valence-corrected chi connectivity index (χ0v) is 16.2. The van der Waals surface area contributed by atoms with Crippen molar-refractivity contribution in [2.24, 2.45) is 0 Å². The smallest absolute Gasteiger partial charge is 0.341 e. The molecule has 0 aliphatic heterocycles. The number of ether oxygens (including phenoxy) is 2. The molecule has 0 unspecified atom stereocenters. The Morgan fingerprint density at radius 3 is 2.86 bits per heavy atom. The summed E-state index contributed by atoms with van der Waals surface area (Å²) in [6, 6.07) is 5.07. The minimum atomic E-state index is -1.07. The Balaban J connectivity index is 1.75. The van der Waals surface area contributed by atoms with Gasteiger partial charge in [-0.25, -0.2) is 9.78 Å². The van der Waals surface area contributed by atoms with Crippen LogP contribution >= 0.6 is 11.3 Å². The van der Waals surface area contributed by atoms with E-state index in [4.69, 9.17) is 14.6 Å². The van der Waals surface area contributed by atoms with Crippen LogP contribution < -0.4 is 15.0 Å². The number of aromatic amines is 1. The van der Waals surface area contributed by atoms with Gasteiger partial charge in [0, 0.05) is 10.4 Å². The number of fused-ring (bicyclic) bond motifs is 3. The predicted octanol–water partition coefficient (Wildman–Crippen LogP) is 3.39. The summed E-state index contributed by atoms with van der Waals surface area (Å²) in [5.41, 5.74) is 1.71. The normalized spacial score (nSPS) is 13.3. The van der Waals surface area contributed by atoms with Gasteiger partial charge in [-0.05, 0) is 56.4 Å². The Labute approximate surface area is 165 Å². The van der Waals surface area contributed by atoms with Gasteiger partial charge in [-0.2, -0.15) is 0 Å². The number of benzene rings is 1. The Morgan fingerprint density at radius 1 is 1.25 bits per heavy atom. The molecule has 4 rings (SSSR count). The van der Waals surface area contributed by atoms with E-state index in [-0.39, 0.29) is 5.56 Å². The Kier molecular flexibility index (Phi) is 5.04. The van der Waals surface area contributed by atoms with E-state index >= 15 is 0 Å². The van der Waals surface area contributed by atoms with Crippen molar-refractivity contribution in [2.45, 2.75) is 32.6 Å². The van der Waals surface area contributed by atoms with Gasteiger partial charge < -0.3 is 19.6 Å². The summed E-state index contributed by atoms with van der Waals surface area (Å²) in [5.74, 6) is 0.143. The molecule has 0 amide bonds. The fraction of sp³-hybridized carbons (Fsp3) is 0.350. The first-order chi connectivity index (χ1) is 13.6. The number of H-pyrrole nitrogens is 1. The number of aliphatic carboxylic acids is 1. The maximum atomic E-state index is 12.8. The van der Waals surface area contributed by atoms with E-state index in [1.807, 2.05) is 6.92 Å². The lowest BCUT2D eigenvalue weighted by Crippen LogP contribution is -2.12. The molecule has 0 spiro atoms. The molecule has 1 aliphatic carbocycles. The summed E-state index contributed by atoms with van der Waals surface area (Å²) >= 11 is 1.60. The molecule has 0 fully saturated rings. The van der Waals surface area contributed by atoms with E-state index in [1.54, 1.807) is 29.5 Å². The van der Waals surface area contributed by atoms with Crippen molar-refractivity contribution in [3.05, 3.63) is 39.0 Å². The molecule has 8 heteroatoms. The highest BCUT2D eigenvalue weighted by Crippen LogP contribution is 2.35. The number of carbonyl (C=O) groups is 1. The topological polar surface area (TPSA) is 102 Å². The number of thiophene rings is 1. The average molecular weight is 400 g/mol. The maximum Gasteiger partial charge on any atom is 0.341 e. The molecule has 0 saturated carbocycles. The number of carboxylic acids is 1. The van der Waals surface area contributed by atoms with Gasteiger partial charge in [0.05, 0.1) is 12.0 Å². The van der Waals surface area contributed by atoms with E-state index in [1.165, 1.54) is 4.88 Å². The zero-order valence-electron chi connectivity index (χ0n) is 15.4. The summed E-state index contributed by atoms with van der Waals surface area (Å²) in [6.07, 6.45) is 4.20. The van der Waals surface area contributed by atoms with Crippen LogP contribution in [0.25, 0.3) is 21.6 Å². The molecule has 2 N–H and O–H groups in total. The minimum absolute atomic E-state index is 0.122. The lowest BCUT2D eigenvalue weighted by atomic mass is 9.97. The summed E-state index contributed by atoms with van der Waals surface area (Å²) in [6.45, 7) is 1.77. The second-order valence-electron chi connectivity index (χ2n) is 6.58. The predicted molar refractivity (Wildman–Crippen MR) is 107 cm³/mol. The highest BCUT2D eigenvalue weighted by molar-refractivity contribution is 7.18. The van der Waals surface area contributed by atoms with E-state index < -0.39 is 12.6 Å². The Bertz CT molecular complexity index is 1100. The quantitative estimate of drug-likeness (QED) is 0.658. The lowest BCUT2D eigenvalue weighted by Gasteiger charge is -2.12. The molecule has 0 bridgehead atoms. The van der Waals surface area contributed by atoms with Gasteiger partial charge in [-0.3, -0.25) is 4.79 Å². The van der Waals surface area contributed by atoms with Gasteiger partial charge in [0.15, 0.2) is 18.1 Å². The van der Waals surface area contributed by atoms with Crippen molar-refractivity contribution in [3.8, 4) is 22.9 Å². The first-order valence-electron chi connectivity index (χ1n) is 9.23. The maximum absolute atomic E-state index is 12.8. The van der Waals surface area contributed by atoms with Gasteiger partial charge in [0.2, 0.25) is 0 Å². The van der Waals surface area contributed by atoms with Crippen LogP contribution in [-0.2, 0) is 17.6 Å². The molecule has 0 radical (unpaired) electrons. The van der Waals surface area contributed by atoms with Crippen molar-refractivity contribution in [1.82, 2.24) is 9.97 Å². The van der Waals surface area contributed by atoms with Gasteiger partial charge in [0.25, 0.3) is 5.56 Å². The largest absolute Gasteiger partial charge is 0.490 e. The molecule has 0 saturated heterocycles. The molecule has 1 aromatic carbocycles. The number of carboxylic acid groups (broad SMARTS) is 1. The molecule has 0 atom stereocenters. The number of nitrogens with one attached hydrogen (secondary N) is 1. The van der Waals surface area contributed by atoms with Crippen molar-refractivity contribution in [2.75, 3.05) is 13.2 Å². The van der Waals surface area contributed by atoms with Gasteiger partial charge in [0.1, 0.15) is 10.7 Å². The molecule has 1 aliphatic rings. The van der Waals surface area contributed by atoms with Crippen molar-refractivity contribution >= 4 is 27.5 Å². The lowest BCUT2D eigenvalue weighted by molar-refractivity contribution is -0.139. The number of aromatic nitrogens is 2. The van der Waals surface area contributed by atoms with Crippen molar-refractivity contribution in [1.29, 1.82) is 0 Å². The molecule has 3 aromatic rings. The van der Waals surface area contributed by atoms with Crippen LogP contribution in [0.5, 0.6) is 11.5 Å². The average Bonchev–Trinajstić information content (AvgIpc) is 3.06. The molecule has 2 heterocycles. The molecular formula is C20H20N2O5S. The monoisotopic (exact) mass is 400 g/mol. The fourth-order valence-corrected chi connectivity index (χ4v) is 4.75. The third-order valence-corrected chi connectivity index (χ3v) is 5.88. The Hall–Kier alpha value is -2.87. The van der Waals surface area contributed by atoms with E-state index in [9.17, 15) is 9.59 Å². The molecule has 7 nitrogen and oxygen atoms in total. The number of aryl methyl sites for hydroxylation is 2. The highest BCUT2D eigenvalue weighted by Gasteiger charge is 2.20. The number of hydrogen-bond donors (Lipinski definition) is 2. The minimum Gasteiger partial charge on any atom is -0.490 e. The van der Waals surface area contributed by atoms with Gasteiger partial charge in [-0.15, -0.1) is 11.3 Å². The van der Waals surface area contributed by atoms with E-state index in [0.717, 1.165) is 41.5 Å². The van der Waals surface area contributed by atoms with E-state index in [2.05, 4.69) is 9.97 Å². The SMILES string of the molecule is CCOc1cc(-c2nc3sc4c(c3c(=O)[nH]2)CCCC4)ccc1OCC(=O)O. The summed E-state index contributed by atoms with van der Waals surface area (Å²) in [7, 11) is 0. The van der Waals surface area contributed by atoms with Crippen LogP contribution in [0.1, 0.15) is 30.2 Å².